The minimum atomic E-state index is 0.654. The molecule has 4 nitrogen and oxygen atoms in total. The predicted octanol–water partition coefficient (Wildman–Crippen LogP) is 11.1. The van der Waals surface area contributed by atoms with E-state index >= 15 is 0 Å². The van der Waals surface area contributed by atoms with Crippen LogP contribution in [0.5, 0.6) is 0 Å². The van der Waals surface area contributed by atoms with E-state index in [0.29, 0.717) is 5.82 Å². The smallest absolute Gasteiger partial charge is 0.162 e. The summed E-state index contributed by atoms with van der Waals surface area (Å²) in [7, 11) is 0. The number of fused-ring (bicyclic) bond motifs is 8. The Balaban J connectivity index is 1.30. The zero-order valence-electron chi connectivity index (χ0n) is 24.7. The summed E-state index contributed by atoms with van der Waals surface area (Å²) in [4.78, 5) is 10.6. The number of benzene rings is 7. The molecule has 0 spiro atoms. The monoisotopic (exact) mass is 587 g/mol. The highest BCUT2D eigenvalue weighted by atomic mass is 16.3. The summed E-state index contributed by atoms with van der Waals surface area (Å²) < 4.78 is 8.59. The van der Waals surface area contributed by atoms with Crippen LogP contribution in [-0.2, 0) is 0 Å². The van der Waals surface area contributed by atoms with Gasteiger partial charge in [-0.15, -0.1) is 0 Å². The summed E-state index contributed by atoms with van der Waals surface area (Å²) in [6.45, 7) is 0. The summed E-state index contributed by atoms with van der Waals surface area (Å²) >= 11 is 0. The molecule has 0 aliphatic carbocycles. The molecule has 0 amide bonds. The Bertz CT molecular complexity index is 2810. The number of hydrogen-bond acceptors (Lipinski definition) is 3. The van der Waals surface area contributed by atoms with Crippen LogP contribution in [0.2, 0.25) is 0 Å². The quantitative estimate of drug-likeness (QED) is 0.207. The molecule has 0 saturated carbocycles. The Kier molecular flexibility index (Phi) is 5.25. The van der Waals surface area contributed by atoms with Crippen LogP contribution in [0.4, 0.5) is 0 Å². The second kappa shape index (κ2) is 9.62. The van der Waals surface area contributed by atoms with Crippen LogP contribution >= 0.6 is 0 Å². The number of nitrogens with zero attached hydrogens (tertiary/aromatic N) is 3. The van der Waals surface area contributed by atoms with E-state index in [0.717, 1.165) is 66.4 Å². The first kappa shape index (κ1) is 25.1. The normalized spacial score (nSPS) is 11.9. The van der Waals surface area contributed by atoms with E-state index in [-0.39, 0.29) is 0 Å². The van der Waals surface area contributed by atoms with Gasteiger partial charge in [0.1, 0.15) is 17.0 Å². The van der Waals surface area contributed by atoms with Crippen molar-refractivity contribution in [1.29, 1.82) is 0 Å². The van der Waals surface area contributed by atoms with Gasteiger partial charge in [-0.2, -0.15) is 0 Å². The molecule has 0 saturated heterocycles. The molecule has 0 aliphatic heterocycles. The molecule has 0 aliphatic rings. The fourth-order valence-electron chi connectivity index (χ4n) is 6.97. The fraction of sp³-hybridized carbons (Fsp3) is 0. The van der Waals surface area contributed by atoms with Crippen LogP contribution in [0, 0.1) is 0 Å². The Hall–Kier alpha value is -6.26. The second-order valence-electron chi connectivity index (χ2n) is 11.8. The molecule has 214 valence electrons. The summed E-state index contributed by atoms with van der Waals surface area (Å²) in [6, 6.07) is 53.2. The van der Waals surface area contributed by atoms with Gasteiger partial charge in [0.25, 0.3) is 0 Å². The third-order valence-electron chi connectivity index (χ3n) is 9.17. The van der Waals surface area contributed by atoms with Crippen molar-refractivity contribution in [2.75, 3.05) is 0 Å². The summed E-state index contributed by atoms with van der Waals surface area (Å²) in [5, 5.41) is 7.99. The van der Waals surface area contributed by atoms with Crippen molar-refractivity contribution >= 4 is 65.4 Å². The van der Waals surface area contributed by atoms with E-state index < -0.39 is 0 Å². The maximum absolute atomic E-state index is 6.28. The third-order valence-corrected chi connectivity index (χ3v) is 9.17. The van der Waals surface area contributed by atoms with Crippen molar-refractivity contribution in [3.63, 3.8) is 0 Å². The SMILES string of the molecule is c1ccc(-c2ccc3c(-n4c5ccccc5c5cc6ccccc6cc54)nc(-c4ccc5c(c4)oc4ccccc45)nc3c2)cc1. The van der Waals surface area contributed by atoms with Crippen molar-refractivity contribution < 1.29 is 4.42 Å². The first-order valence-corrected chi connectivity index (χ1v) is 15.5. The average molecular weight is 588 g/mol. The van der Waals surface area contributed by atoms with Crippen LogP contribution in [-0.4, -0.2) is 14.5 Å². The fourth-order valence-corrected chi connectivity index (χ4v) is 6.97. The molecule has 10 rings (SSSR count). The van der Waals surface area contributed by atoms with E-state index in [4.69, 9.17) is 14.4 Å². The molecule has 10 aromatic rings. The van der Waals surface area contributed by atoms with Crippen molar-refractivity contribution in [2.45, 2.75) is 0 Å². The number of hydrogen-bond donors (Lipinski definition) is 0. The lowest BCUT2D eigenvalue weighted by molar-refractivity contribution is 0.669. The van der Waals surface area contributed by atoms with E-state index in [1.165, 1.54) is 21.5 Å². The number of aromatic nitrogens is 3. The molecule has 0 unspecified atom stereocenters. The predicted molar refractivity (Wildman–Crippen MR) is 190 cm³/mol. The number of rotatable bonds is 3. The van der Waals surface area contributed by atoms with E-state index in [1.807, 2.05) is 24.3 Å². The highest BCUT2D eigenvalue weighted by molar-refractivity contribution is 6.14. The molecule has 46 heavy (non-hydrogen) atoms. The molecule has 0 radical (unpaired) electrons. The molecule has 3 aromatic heterocycles. The van der Waals surface area contributed by atoms with Crippen molar-refractivity contribution in [2.24, 2.45) is 0 Å². The molecular weight excluding hydrogens is 562 g/mol. The first-order chi connectivity index (χ1) is 22.8. The Morgan fingerprint density at radius 1 is 0.413 bits per heavy atom. The van der Waals surface area contributed by atoms with Gasteiger partial charge in [-0.05, 0) is 70.4 Å². The van der Waals surface area contributed by atoms with Gasteiger partial charge in [0.05, 0.1) is 16.6 Å². The maximum atomic E-state index is 6.28. The Morgan fingerprint density at radius 2 is 1.11 bits per heavy atom. The van der Waals surface area contributed by atoms with E-state index in [9.17, 15) is 0 Å². The Labute approximate surface area is 263 Å². The van der Waals surface area contributed by atoms with Crippen LogP contribution in [0.1, 0.15) is 0 Å². The average Bonchev–Trinajstić information content (AvgIpc) is 3.65. The highest BCUT2D eigenvalue weighted by Crippen LogP contribution is 2.38. The summed E-state index contributed by atoms with van der Waals surface area (Å²) in [5.41, 5.74) is 7.99. The lowest BCUT2D eigenvalue weighted by Crippen LogP contribution is -2.03. The van der Waals surface area contributed by atoms with Crippen LogP contribution in [0.25, 0.3) is 93.8 Å². The standard InChI is InChI=1S/C42H25N3O/c1-2-10-26(11-3-1)29-18-21-34-36(23-29)43-41(30-19-20-33-32-15-7-9-17-39(32)46-40(33)25-30)44-42(34)45-37-16-8-6-14-31(37)35-22-27-12-4-5-13-28(27)24-38(35)45/h1-25H. The van der Waals surface area contributed by atoms with E-state index in [2.05, 4.69) is 132 Å². The maximum Gasteiger partial charge on any atom is 0.162 e. The van der Waals surface area contributed by atoms with Crippen LogP contribution < -0.4 is 0 Å². The van der Waals surface area contributed by atoms with Gasteiger partial charge in [0.2, 0.25) is 0 Å². The number of furan rings is 1. The molecule has 0 N–H and O–H groups in total. The molecule has 0 fully saturated rings. The number of para-hydroxylation sites is 2. The third kappa shape index (κ3) is 3.74. The van der Waals surface area contributed by atoms with Gasteiger partial charge >= 0.3 is 0 Å². The molecule has 0 atom stereocenters. The van der Waals surface area contributed by atoms with Gasteiger partial charge in [0.15, 0.2) is 5.82 Å². The lowest BCUT2D eigenvalue weighted by atomic mass is 10.0. The van der Waals surface area contributed by atoms with Gasteiger partial charge in [-0.1, -0.05) is 103 Å². The van der Waals surface area contributed by atoms with Crippen LogP contribution in [0.3, 0.4) is 0 Å². The van der Waals surface area contributed by atoms with Crippen molar-refractivity contribution in [1.82, 2.24) is 14.5 Å². The van der Waals surface area contributed by atoms with Crippen molar-refractivity contribution in [3.05, 3.63) is 152 Å². The topological polar surface area (TPSA) is 43.9 Å². The lowest BCUT2D eigenvalue weighted by Gasteiger charge is -2.14. The molecule has 3 heterocycles. The molecule has 0 bridgehead atoms. The van der Waals surface area contributed by atoms with Crippen molar-refractivity contribution in [3.8, 4) is 28.3 Å². The van der Waals surface area contributed by atoms with E-state index in [1.54, 1.807) is 0 Å². The molecule has 4 heteroatoms. The first-order valence-electron chi connectivity index (χ1n) is 15.5. The molecular formula is C42H25N3O. The Morgan fingerprint density at radius 3 is 2.00 bits per heavy atom. The minimum Gasteiger partial charge on any atom is -0.456 e. The second-order valence-corrected chi connectivity index (χ2v) is 11.8. The van der Waals surface area contributed by atoms with Gasteiger partial charge < -0.3 is 4.42 Å². The highest BCUT2D eigenvalue weighted by Gasteiger charge is 2.19. The zero-order chi connectivity index (χ0) is 30.2. The largest absolute Gasteiger partial charge is 0.456 e. The van der Waals surface area contributed by atoms with Gasteiger partial charge in [-0.25, -0.2) is 9.97 Å². The summed E-state index contributed by atoms with van der Waals surface area (Å²) in [5.74, 6) is 1.51. The van der Waals surface area contributed by atoms with Gasteiger partial charge in [-0.3, -0.25) is 4.57 Å². The van der Waals surface area contributed by atoms with Gasteiger partial charge in [0, 0.05) is 32.5 Å². The van der Waals surface area contributed by atoms with Crippen LogP contribution in [0.15, 0.2) is 156 Å². The summed E-state index contributed by atoms with van der Waals surface area (Å²) in [6.07, 6.45) is 0. The minimum absolute atomic E-state index is 0.654. The molecule has 7 aromatic carbocycles. The zero-order valence-corrected chi connectivity index (χ0v) is 24.7.